The van der Waals surface area contributed by atoms with Gasteiger partial charge in [-0.15, -0.1) is 11.3 Å². The minimum atomic E-state index is 0.0254. The van der Waals surface area contributed by atoms with Crippen molar-refractivity contribution in [3.05, 3.63) is 27.1 Å². The molecule has 0 aromatic carbocycles. The minimum Gasteiger partial charge on any atom is -0.313 e. The summed E-state index contributed by atoms with van der Waals surface area (Å²) in [4.78, 5) is 21.0. The highest BCUT2D eigenvalue weighted by molar-refractivity contribution is 7.18. The summed E-state index contributed by atoms with van der Waals surface area (Å²) in [6.45, 7) is 2.24. The van der Waals surface area contributed by atoms with Crippen molar-refractivity contribution in [2.75, 3.05) is 0 Å². The highest BCUT2D eigenvalue weighted by atomic mass is 32.1. The maximum absolute atomic E-state index is 11.8. The van der Waals surface area contributed by atoms with Gasteiger partial charge in [-0.2, -0.15) is 0 Å². The van der Waals surface area contributed by atoms with Crippen molar-refractivity contribution in [2.45, 2.75) is 32.6 Å². The molecule has 3 nitrogen and oxygen atoms in total. The number of hydrogen-bond acceptors (Lipinski definition) is 3. The number of nitrogens with one attached hydrogen (secondary N) is 1. The molecule has 0 unspecified atom stereocenters. The van der Waals surface area contributed by atoms with Crippen LogP contribution < -0.4 is 5.56 Å². The fourth-order valence-electron chi connectivity index (χ4n) is 2.54. The smallest absolute Gasteiger partial charge is 0.259 e. The molecule has 16 heavy (non-hydrogen) atoms. The number of thiophene rings is 1. The molecule has 0 bridgehead atoms. The van der Waals surface area contributed by atoms with Crippen LogP contribution in [0.3, 0.4) is 0 Å². The Bertz CT molecular complexity index is 584. The summed E-state index contributed by atoms with van der Waals surface area (Å²) in [6, 6.07) is 0. The van der Waals surface area contributed by atoms with Crippen molar-refractivity contribution >= 4 is 21.6 Å². The molecular weight excluding hydrogens is 220 g/mol. The lowest BCUT2D eigenvalue weighted by Crippen LogP contribution is -2.13. The number of aromatic amines is 1. The fraction of sp³-hybridized carbons (Fsp3) is 0.500. The molecule has 0 spiro atoms. The molecule has 1 aliphatic rings. The molecule has 2 heterocycles. The first-order chi connectivity index (χ1) is 7.79. The Balaban J connectivity index is 2.21. The molecule has 0 radical (unpaired) electrons. The molecule has 0 fully saturated rings. The van der Waals surface area contributed by atoms with E-state index in [1.165, 1.54) is 29.6 Å². The van der Waals surface area contributed by atoms with Gasteiger partial charge in [-0.3, -0.25) is 4.79 Å². The zero-order chi connectivity index (χ0) is 11.1. The maximum atomic E-state index is 11.8. The van der Waals surface area contributed by atoms with Crippen molar-refractivity contribution in [1.29, 1.82) is 0 Å². The number of aromatic nitrogens is 2. The Morgan fingerprint density at radius 1 is 1.62 bits per heavy atom. The van der Waals surface area contributed by atoms with E-state index in [2.05, 4.69) is 16.9 Å². The predicted octanol–water partition coefficient (Wildman–Crippen LogP) is 2.50. The first-order valence-electron chi connectivity index (χ1n) is 5.77. The molecule has 0 aliphatic heterocycles. The third-order valence-electron chi connectivity index (χ3n) is 3.53. The van der Waals surface area contributed by atoms with E-state index in [-0.39, 0.29) is 5.56 Å². The summed E-state index contributed by atoms with van der Waals surface area (Å²) >= 11 is 1.70. The van der Waals surface area contributed by atoms with Crippen molar-refractivity contribution in [1.82, 2.24) is 9.97 Å². The van der Waals surface area contributed by atoms with Crippen LogP contribution >= 0.6 is 11.3 Å². The number of nitrogens with zero attached hydrogens (tertiary/aromatic N) is 1. The summed E-state index contributed by atoms with van der Waals surface area (Å²) in [5.74, 6) is 0.791. The van der Waals surface area contributed by atoms with Crippen LogP contribution in [0.2, 0.25) is 0 Å². The van der Waals surface area contributed by atoms with Gasteiger partial charge in [0.05, 0.1) is 11.7 Å². The normalized spacial score (nSPS) is 19.9. The average Bonchev–Trinajstić information content (AvgIpc) is 2.67. The fourth-order valence-corrected chi connectivity index (χ4v) is 3.84. The van der Waals surface area contributed by atoms with Gasteiger partial charge in [0, 0.05) is 4.88 Å². The van der Waals surface area contributed by atoms with Crippen molar-refractivity contribution in [3.63, 3.8) is 0 Å². The van der Waals surface area contributed by atoms with Crippen LogP contribution in [0.1, 0.15) is 30.2 Å². The number of hydrogen-bond donors (Lipinski definition) is 1. The van der Waals surface area contributed by atoms with Gasteiger partial charge in [0.2, 0.25) is 0 Å². The summed E-state index contributed by atoms with van der Waals surface area (Å²) in [7, 11) is 0. The van der Waals surface area contributed by atoms with Gasteiger partial charge in [0.1, 0.15) is 4.83 Å². The first kappa shape index (κ1) is 10.0. The van der Waals surface area contributed by atoms with Crippen molar-refractivity contribution in [3.8, 4) is 0 Å². The SMILES string of the molecule is CC[C@H]1CCc2c(sc3nc[nH]c(=O)c23)C1. The van der Waals surface area contributed by atoms with E-state index in [1.54, 1.807) is 11.3 Å². The van der Waals surface area contributed by atoms with Crippen LogP contribution in [-0.4, -0.2) is 9.97 Å². The molecule has 1 aliphatic carbocycles. The molecule has 0 saturated carbocycles. The first-order valence-corrected chi connectivity index (χ1v) is 6.59. The molecule has 1 N–H and O–H groups in total. The Kier molecular flexibility index (Phi) is 2.32. The van der Waals surface area contributed by atoms with Crippen LogP contribution in [0.4, 0.5) is 0 Å². The zero-order valence-corrected chi connectivity index (χ0v) is 10.1. The molecule has 4 heteroatoms. The van der Waals surface area contributed by atoms with Crippen LogP contribution in [0.15, 0.2) is 11.1 Å². The van der Waals surface area contributed by atoms with Gasteiger partial charge in [0.25, 0.3) is 5.56 Å². The van der Waals surface area contributed by atoms with Crippen molar-refractivity contribution < 1.29 is 0 Å². The third kappa shape index (κ3) is 1.40. The van der Waals surface area contributed by atoms with Crippen LogP contribution in [0.5, 0.6) is 0 Å². The average molecular weight is 234 g/mol. The Labute approximate surface area is 97.5 Å². The molecule has 3 rings (SSSR count). The van der Waals surface area contributed by atoms with E-state index in [1.807, 2.05) is 0 Å². The van der Waals surface area contributed by atoms with Gasteiger partial charge in [0.15, 0.2) is 0 Å². The van der Waals surface area contributed by atoms with E-state index in [4.69, 9.17) is 0 Å². The van der Waals surface area contributed by atoms with Crippen LogP contribution in [-0.2, 0) is 12.8 Å². The second-order valence-electron chi connectivity index (χ2n) is 4.43. The quantitative estimate of drug-likeness (QED) is 0.824. The Morgan fingerprint density at radius 2 is 2.50 bits per heavy atom. The summed E-state index contributed by atoms with van der Waals surface area (Å²) in [6.07, 6.45) is 6.12. The highest BCUT2D eigenvalue weighted by Crippen LogP contribution is 2.36. The lowest BCUT2D eigenvalue weighted by Gasteiger charge is -2.20. The van der Waals surface area contributed by atoms with Crippen LogP contribution in [0, 0.1) is 5.92 Å². The molecule has 2 aromatic heterocycles. The molecule has 2 aromatic rings. The van der Waals surface area contributed by atoms with E-state index in [9.17, 15) is 4.79 Å². The Hall–Kier alpha value is -1.16. The lowest BCUT2D eigenvalue weighted by molar-refractivity contribution is 0.451. The van der Waals surface area contributed by atoms with Gasteiger partial charge in [-0.05, 0) is 30.7 Å². The number of aryl methyl sites for hydroxylation is 1. The topological polar surface area (TPSA) is 45.8 Å². The van der Waals surface area contributed by atoms with E-state index in [0.717, 1.165) is 29.0 Å². The standard InChI is InChI=1S/C12H14N2OS/c1-2-7-3-4-8-9(5-7)16-12-10(8)11(15)13-6-14-12/h6-7H,2-5H2,1H3,(H,13,14,15)/t7-/m0/s1. The minimum absolute atomic E-state index is 0.0254. The molecule has 1 atom stereocenters. The molecule has 0 saturated heterocycles. The molecule has 0 amide bonds. The van der Waals surface area contributed by atoms with E-state index in [0.29, 0.717) is 0 Å². The van der Waals surface area contributed by atoms with E-state index >= 15 is 0 Å². The Morgan fingerprint density at radius 3 is 3.31 bits per heavy atom. The summed E-state index contributed by atoms with van der Waals surface area (Å²) in [5, 5.41) is 0.844. The monoisotopic (exact) mass is 234 g/mol. The van der Waals surface area contributed by atoms with Crippen molar-refractivity contribution in [2.24, 2.45) is 5.92 Å². The van der Waals surface area contributed by atoms with Gasteiger partial charge in [-0.1, -0.05) is 13.3 Å². The molecule has 84 valence electrons. The number of rotatable bonds is 1. The largest absolute Gasteiger partial charge is 0.313 e. The second kappa shape index (κ2) is 3.70. The highest BCUT2D eigenvalue weighted by Gasteiger charge is 2.23. The number of H-pyrrole nitrogens is 1. The number of fused-ring (bicyclic) bond motifs is 3. The predicted molar refractivity (Wildman–Crippen MR) is 66.0 cm³/mol. The van der Waals surface area contributed by atoms with Crippen LogP contribution in [0.25, 0.3) is 10.2 Å². The zero-order valence-electron chi connectivity index (χ0n) is 9.25. The lowest BCUT2D eigenvalue weighted by atomic mass is 9.86. The van der Waals surface area contributed by atoms with Gasteiger partial charge >= 0.3 is 0 Å². The molecular formula is C12H14N2OS. The maximum Gasteiger partial charge on any atom is 0.259 e. The van der Waals surface area contributed by atoms with Gasteiger partial charge in [-0.25, -0.2) is 4.98 Å². The van der Waals surface area contributed by atoms with E-state index < -0.39 is 0 Å². The third-order valence-corrected chi connectivity index (χ3v) is 4.69. The summed E-state index contributed by atoms with van der Waals surface area (Å²) < 4.78 is 0. The van der Waals surface area contributed by atoms with Gasteiger partial charge < -0.3 is 4.98 Å². The second-order valence-corrected chi connectivity index (χ2v) is 5.52. The summed E-state index contributed by atoms with van der Waals surface area (Å²) in [5.41, 5.74) is 1.29.